The van der Waals surface area contributed by atoms with E-state index >= 15 is 0 Å². The lowest BCUT2D eigenvalue weighted by molar-refractivity contribution is -0.141. The lowest BCUT2D eigenvalue weighted by atomic mass is 9.98. The number of nitrogens with zero attached hydrogens (tertiary/aromatic N) is 1. The molecular weight excluding hydrogens is 593 g/mol. The highest BCUT2D eigenvalue weighted by atomic mass is 32.2. The Balaban J connectivity index is 1.47. The molecule has 0 unspecified atom stereocenters. The second kappa shape index (κ2) is 12.0. The number of hydrogen-bond acceptors (Lipinski definition) is 4. The van der Waals surface area contributed by atoms with Crippen LogP contribution in [0.15, 0.2) is 102 Å². The van der Waals surface area contributed by atoms with Crippen LogP contribution in [-0.4, -0.2) is 41.0 Å². The van der Waals surface area contributed by atoms with Crippen molar-refractivity contribution in [1.82, 2.24) is 9.88 Å². The van der Waals surface area contributed by atoms with Crippen molar-refractivity contribution in [2.75, 3.05) is 5.75 Å². The van der Waals surface area contributed by atoms with Crippen LogP contribution in [0.4, 0.5) is 13.2 Å². The lowest BCUT2D eigenvalue weighted by Crippen LogP contribution is -2.31. The summed E-state index contributed by atoms with van der Waals surface area (Å²) in [5, 5.41) is 10.5. The van der Waals surface area contributed by atoms with Crippen LogP contribution < -0.4 is 0 Å². The average Bonchev–Trinajstić information content (AvgIpc) is 3.46. The van der Waals surface area contributed by atoms with E-state index in [2.05, 4.69) is 4.98 Å². The Kier molecular flexibility index (Phi) is 8.33. The summed E-state index contributed by atoms with van der Waals surface area (Å²) in [6.45, 7) is 1.78. The second-order valence-electron chi connectivity index (χ2n) is 10.4. The van der Waals surface area contributed by atoms with Gasteiger partial charge in [0, 0.05) is 12.2 Å². The van der Waals surface area contributed by atoms with Gasteiger partial charge in [0.25, 0.3) is 5.91 Å². The van der Waals surface area contributed by atoms with Crippen molar-refractivity contribution in [2.24, 2.45) is 0 Å². The molecule has 0 aliphatic carbocycles. The third kappa shape index (κ3) is 6.68. The third-order valence-corrected chi connectivity index (χ3v) is 8.82. The minimum Gasteiger partial charge on any atom is -0.480 e. The van der Waals surface area contributed by atoms with Gasteiger partial charge < -0.3 is 15.0 Å². The summed E-state index contributed by atoms with van der Waals surface area (Å²) < 4.78 is 64.7. The average molecular weight is 621 g/mol. The van der Waals surface area contributed by atoms with Gasteiger partial charge in [-0.3, -0.25) is 9.59 Å². The molecule has 0 atom stereocenters. The summed E-state index contributed by atoms with van der Waals surface area (Å²) >= 11 is 0. The number of aromatic nitrogens is 1. The SMILES string of the molecule is Cc1ccc2ccccc2c1C(=O)N(Cc1ccc(-c2cccc(S(=O)(=O)CC(=O)O)c2)cc1)Cc1ccc(C(F)(F)F)[nH]1. The van der Waals surface area contributed by atoms with Crippen LogP contribution in [0.5, 0.6) is 0 Å². The van der Waals surface area contributed by atoms with Crippen molar-refractivity contribution >= 4 is 32.5 Å². The van der Waals surface area contributed by atoms with E-state index in [1.165, 1.54) is 29.2 Å². The molecule has 0 saturated heterocycles. The highest BCUT2D eigenvalue weighted by Gasteiger charge is 2.32. The van der Waals surface area contributed by atoms with Gasteiger partial charge in [0.1, 0.15) is 5.69 Å². The van der Waals surface area contributed by atoms with Crippen LogP contribution >= 0.6 is 0 Å². The number of H-pyrrole nitrogens is 1. The van der Waals surface area contributed by atoms with Crippen molar-refractivity contribution in [2.45, 2.75) is 31.1 Å². The number of carboxylic acid groups (broad SMARTS) is 1. The first kappa shape index (κ1) is 30.6. The summed E-state index contributed by atoms with van der Waals surface area (Å²) in [5.41, 5.74) is 2.41. The summed E-state index contributed by atoms with van der Waals surface area (Å²) in [5.74, 6) is -2.82. The van der Waals surface area contributed by atoms with Crippen LogP contribution in [0, 0.1) is 6.92 Å². The number of carbonyl (C=O) groups excluding carboxylic acids is 1. The van der Waals surface area contributed by atoms with Gasteiger partial charge in [-0.25, -0.2) is 8.42 Å². The van der Waals surface area contributed by atoms with Crippen LogP contribution in [0.2, 0.25) is 0 Å². The number of aryl methyl sites for hydroxylation is 1. The first-order valence-electron chi connectivity index (χ1n) is 13.5. The van der Waals surface area contributed by atoms with Crippen molar-refractivity contribution in [3.05, 3.63) is 125 Å². The molecular formula is C33H27F3N2O5S. The van der Waals surface area contributed by atoms with E-state index in [1.54, 1.807) is 30.3 Å². The number of hydrogen-bond donors (Lipinski definition) is 2. The minimum absolute atomic E-state index is 0.0785. The van der Waals surface area contributed by atoms with Crippen molar-refractivity contribution in [3.63, 3.8) is 0 Å². The monoisotopic (exact) mass is 620 g/mol. The molecule has 0 spiro atoms. The number of alkyl halides is 3. The predicted octanol–water partition coefficient (Wildman–Crippen LogP) is 6.86. The van der Waals surface area contributed by atoms with Gasteiger partial charge in [0.15, 0.2) is 15.6 Å². The third-order valence-electron chi connectivity index (χ3n) is 7.22. The molecule has 0 aliphatic rings. The molecule has 226 valence electrons. The van der Waals surface area contributed by atoms with Crippen molar-refractivity contribution < 1.29 is 36.3 Å². The van der Waals surface area contributed by atoms with E-state index in [9.17, 15) is 31.2 Å². The van der Waals surface area contributed by atoms with Crippen molar-refractivity contribution in [3.8, 4) is 11.1 Å². The molecule has 0 radical (unpaired) electrons. The molecule has 2 N–H and O–H groups in total. The summed E-state index contributed by atoms with van der Waals surface area (Å²) in [6, 6.07) is 26.3. The maximum atomic E-state index is 14.1. The molecule has 1 aromatic heterocycles. The fraction of sp³-hybridized carbons (Fsp3) is 0.152. The van der Waals surface area contributed by atoms with Gasteiger partial charge in [-0.15, -0.1) is 0 Å². The van der Waals surface area contributed by atoms with Crippen molar-refractivity contribution in [1.29, 1.82) is 0 Å². The van der Waals surface area contributed by atoms with E-state index < -0.39 is 33.4 Å². The van der Waals surface area contributed by atoms with Crippen LogP contribution in [0.3, 0.4) is 0 Å². The van der Waals surface area contributed by atoms with Gasteiger partial charge in [0.05, 0.1) is 17.0 Å². The Bertz CT molecular complexity index is 1970. The van der Waals surface area contributed by atoms with E-state index in [4.69, 9.17) is 5.11 Å². The number of fused-ring (bicyclic) bond motifs is 1. The molecule has 7 nitrogen and oxygen atoms in total. The second-order valence-corrected chi connectivity index (χ2v) is 12.4. The minimum atomic E-state index is -4.56. The van der Waals surface area contributed by atoms with E-state index in [0.29, 0.717) is 22.3 Å². The molecule has 11 heteroatoms. The normalized spacial score (nSPS) is 11.9. The maximum Gasteiger partial charge on any atom is 0.431 e. The molecule has 0 saturated carbocycles. The Morgan fingerprint density at radius 1 is 0.841 bits per heavy atom. The molecule has 0 bridgehead atoms. The topological polar surface area (TPSA) is 108 Å². The number of nitrogens with one attached hydrogen (secondary N) is 1. The Morgan fingerprint density at radius 2 is 1.57 bits per heavy atom. The molecule has 1 amide bonds. The predicted molar refractivity (Wildman–Crippen MR) is 160 cm³/mol. The molecule has 0 aliphatic heterocycles. The van der Waals surface area contributed by atoms with Gasteiger partial charge >= 0.3 is 12.1 Å². The van der Waals surface area contributed by atoms with Gasteiger partial charge in [-0.1, -0.05) is 72.8 Å². The molecule has 5 aromatic rings. The fourth-order valence-electron chi connectivity index (χ4n) is 5.06. The summed E-state index contributed by atoms with van der Waals surface area (Å²) in [7, 11) is -4.02. The molecule has 5 rings (SSSR count). The van der Waals surface area contributed by atoms with E-state index in [0.717, 1.165) is 22.4 Å². The molecule has 1 heterocycles. The number of benzene rings is 4. The number of amides is 1. The number of rotatable bonds is 9. The van der Waals surface area contributed by atoms with Gasteiger partial charge in [0.2, 0.25) is 0 Å². The molecule has 44 heavy (non-hydrogen) atoms. The van der Waals surface area contributed by atoms with E-state index in [1.807, 2.05) is 43.3 Å². The Labute approximate surface area is 251 Å². The van der Waals surface area contributed by atoms with Crippen LogP contribution in [-0.2, 0) is 33.9 Å². The largest absolute Gasteiger partial charge is 0.480 e. The van der Waals surface area contributed by atoms with E-state index in [-0.39, 0.29) is 29.6 Å². The number of aromatic amines is 1. The first-order chi connectivity index (χ1) is 20.8. The fourth-order valence-corrected chi connectivity index (χ4v) is 6.15. The number of carbonyl (C=O) groups is 2. The lowest BCUT2D eigenvalue weighted by Gasteiger charge is -2.24. The Morgan fingerprint density at radius 3 is 2.25 bits per heavy atom. The number of halogens is 3. The van der Waals surface area contributed by atoms with Gasteiger partial charge in [-0.05, 0) is 64.2 Å². The zero-order valence-corrected chi connectivity index (χ0v) is 24.2. The smallest absolute Gasteiger partial charge is 0.431 e. The quantitative estimate of drug-likeness (QED) is 0.187. The number of sulfone groups is 1. The molecule has 4 aromatic carbocycles. The highest BCUT2D eigenvalue weighted by Crippen LogP contribution is 2.30. The number of aliphatic carboxylic acids is 1. The van der Waals surface area contributed by atoms with Crippen LogP contribution in [0.25, 0.3) is 21.9 Å². The van der Waals surface area contributed by atoms with Gasteiger partial charge in [-0.2, -0.15) is 13.2 Å². The zero-order valence-electron chi connectivity index (χ0n) is 23.4. The Hall–Kier alpha value is -4.90. The summed E-state index contributed by atoms with van der Waals surface area (Å²) in [6.07, 6.45) is -4.56. The highest BCUT2D eigenvalue weighted by molar-refractivity contribution is 7.92. The standard InChI is InChI=1S/C33H27F3N2O5S/c1-21-9-12-24-5-2-3-8-28(24)31(21)32(41)38(19-26-15-16-29(37-26)33(34,35)36)18-22-10-13-23(14-11-22)25-6-4-7-27(17-25)44(42,43)20-30(39)40/h2-17,37H,18-20H2,1H3,(H,39,40). The zero-order chi connectivity index (χ0) is 31.6. The first-order valence-corrected chi connectivity index (χ1v) is 15.1. The maximum absolute atomic E-state index is 14.1. The number of carboxylic acids is 1. The summed E-state index contributed by atoms with van der Waals surface area (Å²) in [4.78, 5) is 28.8. The molecule has 0 fully saturated rings. The van der Waals surface area contributed by atoms with Crippen LogP contribution in [0.1, 0.15) is 32.9 Å².